The largest absolute Gasteiger partial charge is 0.382 e. The van der Waals surface area contributed by atoms with Crippen LogP contribution in [0.3, 0.4) is 0 Å². The van der Waals surface area contributed by atoms with Gasteiger partial charge in [-0.05, 0) is 38.6 Å². The second-order valence-electron chi connectivity index (χ2n) is 5.02. The molecule has 0 bridgehead atoms. The fourth-order valence-electron chi connectivity index (χ4n) is 2.46. The molecule has 0 radical (unpaired) electrons. The van der Waals surface area contributed by atoms with E-state index in [9.17, 15) is 4.79 Å². The molecule has 19 heavy (non-hydrogen) atoms. The molecule has 1 aliphatic heterocycles. The maximum Gasteiger partial charge on any atom is 0.274 e. The molecule has 1 amide bonds. The van der Waals surface area contributed by atoms with Crippen LogP contribution in [0.25, 0.3) is 0 Å². The van der Waals surface area contributed by atoms with E-state index in [1.165, 1.54) is 0 Å². The Morgan fingerprint density at radius 1 is 1.42 bits per heavy atom. The van der Waals surface area contributed by atoms with Gasteiger partial charge in [0.25, 0.3) is 5.91 Å². The first kappa shape index (κ1) is 13.7. The van der Waals surface area contributed by atoms with E-state index < -0.39 is 0 Å². The smallest absolute Gasteiger partial charge is 0.274 e. The highest BCUT2D eigenvalue weighted by atomic mass is 16.2. The van der Waals surface area contributed by atoms with Gasteiger partial charge in [-0.15, -0.1) is 10.2 Å². The number of nitrogens with zero attached hydrogens (tertiary/aromatic N) is 4. The standard InChI is InChI=1S/C13H21N5O/c1-3-10-9-17(2)7-4-8-18(10)13(19)11-5-6-12(14)16-15-11/h5-6,10H,3-4,7-9H2,1-2H3,(H2,14,16). The maximum absolute atomic E-state index is 12.5. The van der Waals surface area contributed by atoms with Gasteiger partial charge in [0.2, 0.25) is 0 Å². The van der Waals surface area contributed by atoms with Crippen molar-refractivity contribution >= 4 is 11.7 Å². The van der Waals surface area contributed by atoms with Gasteiger partial charge in [0.15, 0.2) is 5.69 Å². The number of rotatable bonds is 2. The van der Waals surface area contributed by atoms with Crippen molar-refractivity contribution in [2.75, 3.05) is 32.4 Å². The molecule has 0 aliphatic carbocycles. The summed E-state index contributed by atoms with van der Waals surface area (Å²) in [5.41, 5.74) is 5.87. The second-order valence-corrected chi connectivity index (χ2v) is 5.02. The summed E-state index contributed by atoms with van der Waals surface area (Å²) in [5, 5.41) is 7.65. The van der Waals surface area contributed by atoms with Crippen molar-refractivity contribution < 1.29 is 4.79 Å². The molecule has 1 aromatic heterocycles. The Bertz CT molecular complexity index is 433. The number of aromatic nitrogens is 2. The maximum atomic E-state index is 12.5. The van der Waals surface area contributed by atoms with Crippen molar-refractivity contribution in [3.63, 3.8) is 0 Å². The minimum atomic E-state index is -0.0466. The second kappa shape index (κ2) is 5.97. The molecule has 2 rings (SSSR count). The lowest BCUT2D eigenvalue weighted by Crippen LogP contribution is -2.43. The number of nitrogen functional groups attached to an aromatic ring is 1. The molecule has 2 heterocycles. The summed E-state index contributed by atoms with van der Waals surface area (Å²) in [6.07, 6.45) is 1.93. The molecule has 0 aromatic carbocycles. The van der Waals surface area contributed by atoms with E-state index in [2.05, 4.69) is 29.1 Å². The molecule has 1 atom stereocenters. The number of carbonyl (C=O) groups excluding carboxylic acids is 1. The van der Waals surface area contributed by atoms with Crippen molar-refractivity contribution in [3.8, 4) is 0 Å². The van der Waals surface area contributed by atoms with Gasteiger partial charge in [0.05, 0.1) is 0 Å². The van der Waals surface area contributed by atoms with E-state index in [1.54, 1.807) is 12.1 Å². The summed E-state index contributed by atoms with van der Waals surface area (Å²) < 4.78 is 0. The number of anilines is 1. The molecule has 0 saturated carbocycles. The molecule has 1 fully saturated rings. The van der Waals surface area contributed by atoms with Crippen molar-refractivity contribution in [2.45, 2.75) is 25.8 Å². The SMILES string of the molecule is CCC1CN(C)CCCN1C(=O)c1ccc(N)nn1. The minimum absolute atomic E-state index is 0.0466. The molecule has 6 heteroatoms. The average Bonchev–Trinajstić information content (AvgIpc) is 2.60. The van der Waals surface area contributed by atoms with Crippen LogP contribution in [0.15, 0.2) is 12.1 Å². The van der Waals surface area contributed by atoms with Crippen LogP contribution in [0.1, 0.15) is 30.3 Å². The van der Waals surface area contributed by atoms with Crippen LogP contribution < -0.4 is 5.73 Å². The van der Waals surface area contributed by atoms with Crippen LogP contribution in [0, 0.1) is 0 Å². The van der Waals surface area contributed by atoms with Gasteiger partial charge in [-0.3, -0.25) is 4.79 Å². The molecule has 1 aromatic rings. The van der Waals surface area contributed by atoms with Crippen molar-refractivity contribution in [1.82, 2.24) is 20.0 Å². The predicted octanol–water partition coefficient (Wildman–Crippen LogP) is 0.615. The Morgan fingerprint density at radius 3 is 2.84 bits per heavy atom. The summed E-state index contributed by atoms with van der Waals surface area (Å²) in [6, 6.07) is 3.50. The van der Waals surface area contributed by atoms with Gasteiger partial charge in [0, 0.05) is 19.1 Å². The van der Waals surface area contributed by atoms with Crippen molar-refractivity contribution in [3.05, 3.63) is 17.8 Å². The number of hydrogen-bond donors (Lipinski definition) is 1. The van der Waals surface area contributed by atoms with Gasteiger partial charge in [-0.1, -0.05) is 6.92 Å². The van der Waals surface area contributed by atoms with Gasteiger partial charge in [0.1, 0.15) is 5.82 Å². The first-order valence-electron chi connectivity index (χ1n) is 6.70. The normalized spacial score (nSPS) is 21.2. The highest BCUT2D eigenvalue weighted by molar-refractivity contribution is 5.92. The molecule has 1 saturated heterocycles. The lowest BCUT2D eigenvalue weighted by atomic mass is 10.1. The Hall–Kier alpha value is -1.69. The van der Waals surface area contributed by atoms with Crippen molar-refractivity contribution in [2.24, 2.45) is 0 Å². The molecule has 0 spiro atoms. The Labute approximate surface area is 113 Å². The van der Waals surface area contributed by atoms with Gasteiger partial charge in [-0.2, -0.15) is 0 Å². The van der Waals surface area contributed by atoms with Crippen LogP contribution in [0.5, 0.6) is 0 Å². The van der Waals surface area contributed by atoms with Crippen LogP contribution in [0.4, 0.5) is 5.82 Å². The summed E-state index contributed by atoms with van der Waals surface area (Å²) in [4.78, 5) is 16.7. The van der Waals surface area contributed by atoms with E-state index in [-0.39, 0.29) is 11.9 Å². The number of hydrogen-bond acceptors (Lipinski definition) is 5. The topological polar surface area (TPSA) is 75.3 Å². The first-order chi connectivity index (χ1) is 9.11. The molecule has 1 aliphatic rings. The quantitative estimate of drug-likeness (QED) is 0.846. The van der Waals surface area contributed by atoms with E-state index in [4.69, 9.17) is 5.73 Å². The van der Waals surface area contributed by atoms with Crippen LogP contribution in [0.2, 0.25) is 0 Å². The predicted molar refractivity (Wildman–Crippen MR) is 73.7 cm³/mol. The number of likely N-dealkylation sites (N-methyl/N-ethyl adjacent to an activating group) is 1. The zero-order valence-electron chi connectivity index (χ0n) is 11.5. The summed E-state index contributed by atoms with van der Waals surface area (Å²) in [6.45, 7) is 4.81. The third-order valence-corrected chi connectivity index (χ3v) is 3.54. The summed E-state index contributed by atoms with van der Waals surface area (Å²) in [5.74, 6) is 0.286. The molecule has 1 unspecified atom stereocenters. The van der Waals surface area contributed by atoms with Crippen molar-refractivity contribution in [1.29, 1.82) is 0 Å². The van der Waals surface area contributed by atoms with E-state index >= 15 is 0 Å². The highest BCUT2D eigenvalue weighted by Crippen LogP contribution is 2.15. The third-order valence-electron chi connectivity index (χ3n) is 3.54. The number of carbonyl (C=O) groups is 1. The van der Waals surface area contributed by atoms with E-state index in [0.717, 1.165) is 32.5 Å². The molecule has 2 N–H and O–H groups in total. The highest BCUT2D eigenvalue weighted by Gasteiger charge is 2.27. The zero-order chi connectivity index (χ0) is 13.8. The van der Waals surface area contributed by atoms with E-state index in [0.29, 0.717) is 11.5 Å². The Balaban J connectivity index is 2.17. The molecule has 104 valence electrons. The lowest BCUT2D eigenvalue weighted by Gasteiger charge is -2.29. The number of amides is 1. The summed E-state index contributed by atoms with van der Waals surface area (Å²) >= 11 is 0. The van der Waals surface area contributed by atoms with Crippen LogP contribution in [-0.4, -0.2) is 58.6 Å². The average molecular weight is 263 g/mol. The van der Waals surface area contributed by atoms with Crippen LogP contribution >= 0.6 is 0 Å². The van der Waals surface area contributed by atoms with Crippen LogP contribution in [-0.2, 0) is 0 Å². The lowest BCUT2D eigenvalue weighted by molar-refractivity contribution is 0.0668. The van der Waals surface area contributed by atoms with Gasteiger partial charge >= 0.3 is 0 Å². The Morgan fingerprint density at radius 2 is 2.21 bits per heavy atom. The van der Waals surface area contributed by atoms with Gasteiger partial charge in [-0.25, -0.2) is 0 Å². The molecular formula is C13H21N5O. The minimum Gasteiger partial charge on any atom is -0.382 e. The Kier molecular flexibility index (Phi) is 4.31. The van der Waals surface area contributed by atoms with Gasteiger partial charge < -0.3 is 15.5 Å². The van der Waals surface area contributed by atoms with E-state index in [1.807, 2.05) is 4.90 Å². The summed E-state index contributed by atoms with van der Waals surface area (Å²) in [7, 11) is 2.10. The third kappa shape index (κ3) is 3.20. The monoisotopic (exact) mass is 263 g/mol. The zero-order valence-corrected chi connectivity index (χ0v) is 11.5. The first-order valence-corrected chi connectivity index (χ1v) is 6.70. The molecule has 6 nitrogen and oxygen atoms in total. The molecular weight excluding hydrogens is 242 g/mol. The fraction of sp³-hybridized carbons (Fsp3) is 0.615. The number of nitrogens with two attached hydrogens (primary N) is 1. The fourth-order valence-corrected chi connectivity index (χ4v) is 2.46.